The van der Waals surface area contributed by atoms with Crippen LogP contribution in [0.2, 0.25) is 0 Å². The minimum absolute atomic E-state index is 0.125. The first kappa shape index (κ1) is 12.9. The molecule has 1 aromatic rings. The van der Waals surface area contributed by atoms with E-state index in [-0.39, 0.29) is 12.6 Å². The third-order valence-corrected chi connectivity index (χ3v) is 4.25. The summed E-state index contributed by atoms with van der Waals surface area (Å²) in [7, 11) is 2.15. The molecule has 0 saturated carbocycles. The third kappa shape index (κ3) is 2.61. The van der Waals surface area contributed by atoms with Gasteiger partial charge in [-0.05, 0) is 24.2 Å². The van der Waals surface area contributed by atoms with Crippen LogP contribution < -0.4 is 4.74 Å². The van der Waals surface area contributed by atoms with Crippen molar-refractivity contribution in [1.29, 1.82) is 0 Å². The summed E-state index contributed by atoms with van der Waals surface area (Å²) >= 11 is 0. The van der Waals surface area contributed by atoms with Crippen LogP contribution in [0.3, 0.4) is 0 Å². The predicted octanol–water partition coefficient (Wildman–Crippen LogP) is 0.902. The van der Waals surface area contributed by atoms with E-state index < -0.39 is 0 Å². The molecule has 2 heterocycles. The maximum atomic E-state index is 9.76. The molecule has 4 nitrogen and oxygen atoms in total. The summed E-state index contributed by atoms with van der Waals surface area (Å²) in [6.45, 7) is 5.17. The van der Waals surface area contributed by atoms with Gasteiger partial charge in [0.1, 0.15) is 5.75 Å². The molecule has 104 valence electrons. The van der Waals surface area contributed by atoms with Gasteiger partial charge in [0.25, 0.3) is 0 Å². The van der Waals surface area contributed by atoms with Crippen molar-refractivity contribution in [3.8, 4) is 5.75 Å². The summed E-state index contributed by atoms with van der Waals surface area (Å²) < 4.78 is 5.54. The number of benzene rings is 1. The molecule has 2 aliphatic rings. The minimum Gasteiger partial charge on any atom is -0.493 e. The zero-order chi connectivity index (χ0) is 13.2. The van der Waals surface area contributed by atoms with Crippen molar-refractivity contribution in [3.63, 3.8) is 0 Å². The molecule has 0 radical (unpaired) electrons. The number of aliphatic hydroxyl groups is 1. The van der Waals surface area contributed by atoms with Gasteiger partial charge in [-0.15, -0.1) is 0 Å². The van der Waals surface area contributed by atoms with E-state index in [0.717, 1.165) is 45.0 Å². The zero-order valence-electron chi connectivity index (χ0n) is 11.5. The Hall–Kier alpha value is -1.10. The first-order valence-corrected chi connectivity index (χ1v) is 7.07. The van der Waals surface area contributed by atoms with E-state index in [1.807, 2.05) is 0 Å². The molecule has 4 heteroatoms. The van der Waals surface area contributed by atoms with Crippen LogP contribution in [-0.4, -0.2) is 61.3 Å². The van der Waals surface area contributed by atoms with Gasteiger partial charge in [0, 0.05) is 32.6 Å². The summed E-state index contributed by atoms with van der Waals surface area (Å²) in [5.41, 5.74) is 2.50. The molecule has 0 aliphatic carbocycles. The first-order valence-electron chi connectivity index (χ1n) is 7.07. The van der Waals surface area contributed by atoms with Crippen LogP contribution in [0.15, 0.2) is 18.2 Å². The maximum Gasteiger partial charge on any atom is 0.122 e. The van der Waals surface area contributed by atoms with Crippen LogP contribution in [0.25, 0.3) is 0 Å². The van der Waals surface area contributed by atoms with Gasteiger partial charge in [-0.1, -0.05) is 12.1 Å². The Kier molecular flexibility index (Phi) is 3.73. The summed E-state index contributed by atoms with van der Waals surface area (Å²) in [6, 6.07) is 6.49. The highest BCUT2D eigenvalue weighted by Gasteiger charge is 2.24. The summed E-state index contributed by atoms with van der Waals surface area (Å²) in [6.07, 6.45) is 0.990. The van der Waals surface area contributed by atoms with Gasteiger partial charge in [-0.3, -0.25) is 4.90 Å². The van der Waals surface area contributed by atoms with Crippen LogP contribution in [0.4, 0.5) is 0 Å². The Morgan fingerprint density at radius 3 is 2.79 bits per heavy atom. The van der Waals surface area contributed by atoms with Crippen molar-refractivity contribution in [2.24, 2.45) is 0 Å². The third-order valence-electron chi connectivity index (χ3n) is 4.25. The molecular weight excluding hydrogens is 240 g/mol. The number of nitrogens with zero attached hydrogens (tertiary/aromatic N) is 2. The molecule has 1 saturated heterocycles. The van der Waals surface area contributed by atoms with Crippen molar-refractivity contribution in [1.82, 2.24) is 9.80 Å². The Morgan fingerprint density at radius 1 is 1.26 bits per heavy atom. The van der Waals surface area contributed by atoms with Gasteiger partial charge < -0.3 is 14.7 Å². The van der Waals surface area contributed by atoms with Crippen molar-refractivity contribution in [2.45, 2.75) is 12.5 Å². The largest absolute Gasteiger partial charge is 0.493 e. The highest BCUT2D eigenvalue weighted by atomic mass is 16.5. The van der Waals surface area contributed by atoms with E-state index in [1.54, 1.807) is 0 Å². The van der Waals surface area contributed by atoms with Gasteiger partial charge >= 0.3 is 0 Å². The van der Waals surface area contributed by atoms with E-state index in [9.17, 15) is 5.11 Å². The van der Waals surface area contributed by atoms with Gasteiger partial charge in [0.2, 0.25) is 0 Å². The van der Waals surface area contributed by atoms with E-state index in [4.69, 9.17) is 4.74 Å². The number of hydrogen-bond acceptors (Lipinski definition) is 4. The Bertz CT molecular complexity index is 442. The number of hydrogen-bond donors (Lipinski definition) is 1. The smallest absolute Gasteiger partial charge is 0.122 e. The second-order valence-electron chi connectivity index (χ2n) is 5.50. The van der Waals surface area contributed by atoms with Gasteiger partial charge in [-0.25, -0.2) is 0 Å². The van der Waals surface area contributed by atoms with Crippen LogP contribution >= 0.6 is 0 Å². The monoisotopic (exact) mass is 262 g/mol. The second-order valence-corrected chi connectivity index (χ2v) is 5.50. The average molecular weight is 262 g/mol. The number of ether oxygens (including phenoxy) is 1. The fourth-order valence-corrected chi connectivity index (χ4v) is 2.98. The van der Waals surface area contributed by atoms with E-state index in [1.165, 1.54) is 11.1 Å². The standard InChI is InChI=1S/C15H22N2O2/c1-16-5-7-17(8-6-16)14(11-18)12-2-3-15-13(10-12)4-9-19-15/h2-3,10,14,18H,4-9,11H2,1H3. The van der Waals surface area contributed by atoms with Crippen molar-refractivity contribution in [2.75, 3.05) is 46.4 Å². The lowest BCUT2D eigenvalue weighted by molar-refractivity contribution is 0.0748. The lowest BCUT2D eigenvalue weighted by Crippen LogP contribution is -2.46. The highest BCUT2D eigenvalue weighted by molar-refractivity contribution is 5.40. The van der Waals surface area contributed by atoms with Gasteiger partial charge in [0.05, 0.1) is 19.3 Å². The Balaban J connectivity index is 1.78. The van der Waals surface area contributed by atoms with Crippen molar-refractivity contribution in [3.05, 3.63) is 29.3 Å². The second kappa shape index (κ2) is 5.49. The van der Waals surface area contributed by atoms with Gasteiger partial charge in [-0.2, -0.15) is 0 Å². The topological polar surface area (TPSA) is 35.9 Å². The molecule has 0 aromatic heterocycles. The molecule has 1 atom stereocenters. The fraction of sp³-hybridized carbons (Fsp3) is 0.600. The zero-order valence-corrected chi connectivity index (χ0v) is 11.5. The van der Waals surface area contributed by atoms with Crippen LogP contribution in [0.1, 0.15) is 17.2 Å². The lowest BCUT2D eigenvalue weighted by Gasteiger charge is -2.37. The van der Waals surface area contributed by atoms with Gasteiger partial charge in [0.15, 0.2) is 0 Å². The molecule has 1 fully saturated rings. The number of aliphatic hydroxyl groups excluding tert-OH is 1. The maximum absolute atomic E-state index is 9.76. The number of fused-ring (bicyclic) bond motifs is 1. The highest BCUT2D eigenvalue weighted by Crippen LogP contribution is 2.30. The van der Waals surface area contributed by atoms with Crippen LogP contribution in [0, 0.1) is 0 Å². The van der Waals surface area contributed by atoms with E-state index >= 15 is 0 Å². The quantitative estimate of drug-likeness (QED) is 0.878. The number of likely N-dealkylation sites (N-methyl/N-ethyl adjacent to an activating group) is 1. The Morgan fingerprint density at radius 2 is 2.05 bits per heavy atom. The minimum atomic E-state index is 0.125. The number of rotatable bonds is 3. The molecule has 1 N–H and O–H groups in total. The van der Waals surface area contributed by atoms with Crippen LogP contribution in [0.5, 0.6) is 5.75 Å². The molecule has 19 heavy (non-hydrogen) atoms. The van der Waals surface area contributed by atoms with Crippen molar-refractivity contribution >= 4 is 0 Å². The average Bonchev–Trinajstić information content (AvgIpc) is 2.89. The lowest BCUT2D eigenvalue weighted by atomic mass is 10.0. The normalized spacial score (nSPS) is 22.0. The molecular formula is C15H22N2O2. The molecule has 1 aromatic carbocycles. The Labute approximate surface area is 114 Å². The molecule has 0 amide bonds. The first-order chi connectivity index (χ1) is 9.28. The molecule has 0 bridgehead atoms. The molecule has 2 aliphatic heterocycles. The summed E-state index contributed by atoms with van der Waals surface area (Å²) in [5.74, 6) is 1.01. The summed E-state index contributed by atoms with van der Waals surface area (Å²) in [5, 5.41) is 9.76. The van der Waals surface area contributed by atoms with Crippen LogP contribution in [-0.2, 0) is 6.42 Å². The van der Waals surface area contributed by atoms with Crippen molar-refractivity contribution < 1.29 is 9.84 Å². The summed E-state index contributed by atoms with van der Waals surface area (Å²) in [4.78, 5) is 4.72. The SMILES string of the molecule is CN1CCN(C(CO)c2ccc3c(c2)CCO3)CC1. The molecule has 3 rings (SSSR count). The predicted molar refractivity (Wildman–Crippen MR) is 74.5 cm³/mol. The molecule has 0 spiro atoms. The fourth-order valence-electron chi connectivity index (χ4n) is 2.98. The van der Waals surface area contributed by atoms with E-state index in [2.05, 4.69) is 35.0 Å². The number of piperazine rings is 1. The van der Waals surface area contributed by atoms with E-state index in [0.29, 0.717) is 0 Å². The molecule has 1 unspecified atom stereocenters.